The monoisotopic (exact) mass is 432 g/mol. The Morgan fingerprint density at radius 3 is 1.87 bits per heavy atom. The Morgan fingerprint density at radius 2 is 1.30 bits per heavy atom. The molecule has 0 radical (unpaired) electrons. The molecule has 0 spiro atoms. The third-order valence-corrected chi connectivity index (χ3v) is 6.28. The predicted molar refractivity (Wildman–Crippen MR) is 123 cm³/mol. The molecule has 2 aromatic rings. The Bertz CT molecular complexity index is 831. The Balaban J connectivity index is 1.77. The van der Waals surface area contributed by atoms with Crippen LogP contribution in [0.3, 0.4) is 0 Å². The van der Waals surface area contributed by atoms with Crippen molar-refractivity contribution >= 4 is 10.1 Å². The molecule has 0 bridgehead atoms. The molecule has 0 atom stereocenters. The number of unbranched alkanes of at least 4 members (excludes halogenated alkanes) is 10. The van der Waals surface area contributed by atoms with E-state index in [1.165, 1.54) is 63.9 Å². The molecule has 1 N–H and O–H groups in total. The largest absolute Gasteiger partial charge is 0.457 e. The highest BCUT2D eigenvalue weighted by Crippen LogP contribution is 2.27. The Morgan fingerprint density at radius 1 is 0.733 bits per heavy atom. The van der Waals surface area contributed by atoms with Gasteiger partial charge in [-0.25, -0.2) is 0 Å². The van der Waals surface area contributed by atoms with Gasteiger partial charge in [-0.05, 0) is 36.6 Å². The Hall–Kier alpha value is -1.85. The van der Waals surface area contributed by atoms with Crippen LogP contribution >= 0.6 is 0 Å². The van der Waals surface area contributed by atoms with Gasteiger partial charge < -0.3 is 4.74 Å². The molecule has 0 amide bonds. The maximum Gasteiger partial charge on any atom is 0.294 e. The first-order valence-electron chi connectivity index (χ1n) is 11.3. The van der Waals surface area contributed by atoms with Crippen LogP contribution in [-0.4, -0.2) is 13.0 Å². The van der Waals surface area contributed by atoms with E-state index >= 15 is 0 Å². The summed E-state index contributed by atoms with van der Waals surface area (Å²) in [5, 5.41) is 0. The maximum absolute atomic E-state index is 11.9. The minimum absolute atomic E-state index is 0.0528. The molecule has 2 aromatic carbocycles. The average molecular weight is 433 g/mol. The van der Waals surface area contributed by atoms with Gasteiger partial charge in [-0.3, -0.25) is 4.55 Å². The van der Waals surface area contributed by atoms with E-state index in [-0.39, 0.29) is 4.90 Å². The molecule has 0 saturated carbocycles. The fourth-order valence-electron chi connectivity index (χ4n) is 3.65. The summed E-state index contributed by atoms with van der Waals surface area (Å²) in [6.45, 7) is 2.24. The highest BCUT2D eigenvalue weighted by atomic mass is 32.2. The van der Waals surface area contributed by atoms with Gasteiger partial charge in [0, 0.05) is 6.07 Å². The molecular weight excluding hydrogens is 396 g/mol. The molecule has 5 heteroatoms. The molecule has 0 heterocycles. The summed E-state index contributed by atoms with van der Waals surface area (Å²) in [6, 6.07) is 14.1. The number of hydrogen-bond donors (Lipinski definition) is 1. The Kier molecular flexibility index (Phi) is 11.0. The lowest BCUT2D eigenvalue weighted by molar-refractivity contribution is 0.470. The van der Waals surface area contributed by atoms with Crippen molar-refractivity contribution < 1.29 is 17.7 Å². The van der Waals surface area contributed by atoms with Crippen LogP contribution in [-0.2, 0) is 16.5 Å². The molecule has 2 rings (SSSR count). The first-order chi connectivity index (χ1) is 14.5. The van der Waals surface area contributed by atoms with E-state index in [1.807, 2.05) is 18.2 Å². The standard InChI is InChI=1S/C25H36O4S/c1-2-3-4-5-6-7-8-9-10-11-13-16-22-19-20-24(21-25(22)30(26,27)28)29-23-17-14-12-15-18-23/h12,14-15,17-21H,2-11,13,16H2,1H3,(H,26,27,28). The maximum atomic E-state index is 11.9. The number of aryl methyl sites for hydroxylation is 1. The topological polar surface area (TPSA) is 63.6 Å². The summed E-state index contributed by atoms with van der Waals surface area (Å²) in [7, 11) is -4.29. The van der Waals surface area contributed by atoms with Crippen molar-refractivity contribution in [3.05, 3.63) is 54.1 Å². The van der Waals surface area contributed by atoms with Crippen LogP contribution in [0.15, 0.2) is 53.4 Å². The van der Waals surface area contributed by atoms with Gasteiger partial charge in [0.2, 0.25) is 0 Å². The van der Waals surface area contributed by atoms with Crippen LogP contribution in [0.1, 0.15) is 83.1 Å². The van der Waals surface area contributed by atoms with E-state index in [2.05, 4.69) is 6.92 Å². The summed E-state index contributed by atoms with van der Waals surface area (Å²) in [4.78, 5) is -0.0528. The first kappa shape index (κ1) is 24.4. The van der Waals surface area contributed by atoms with Crippen LogP contribution in [0.4, 0.5) is 0 Å². The molecule has 166 valence electrons. The summed E-state index contributed by atoms with van der Waals surface area (Å²) in [5.41, 5.74) is 0.647. The highest BCUT2D eigenvalue weighted by Gasteiger charge is 2.17. The van der Waals surface area contributed by atoms with Crippen molar-refractivity contribution in [3.8, 4) is 11.5 Å². The predicted octanol–water partition coefficient (Wildman–Crippen LogP) is 7.58. The molecule has 4 nitrogen and oxygen atoms in total. The fourth-order valence-corrected chi connectivity index (χ4v) is 4.42. The molecule has 0 aliphatic rings. The lowest BCUT2D eigenvalue weighted by Crippen LogP contribution is -2.04. The van der Waals surface area contributed by atoms with Gasteiger partial charge in [0.05, 0.1) is 0 Å². The highest BCUT2D eigenvalue weighted by molar-refractivity contribution is 7.85. The molecule has 30 heavy (non-hydrogen) atoms. The minimum Gasteiger partial charge on any atom is -0.457 e. The lowest BCUT2D eigenvalue weighted by atomic mass is 10.0. The SMILES string of the molecule is CCCCCCCCCCCCCc1ccc(Oc2ccccc2)cc1S(=O)(=O)O. The molecule has 0 aromatic heterocycles. The zero-order chi connectivity index (χ0) is 21.7. The number of hydrogen-bond acceptors (Lipinski definition) is 3. The van der Waals surface area contributed by atoms with Gasteiger partial charge in [-0.2, -0.15) is 8.42 Å². The molecule has 0 aliphatic heterocycles. The average Bonchev–Trinajstić information content (AvgIpc) is 2.73. The van der Waals surface area contributed by atoms with Gasteiger partial charge in [0.15, 0.2) is 0 Å². The summed E-state index contributed by atoms with van der Waals surface area (Å²) in [5.74, 6) is 1.02. The van der Waals surface area contributed by atoms with Gasteiger partial charge >= 0.3 is 0 Å². The van der Waals surface area contributed by atoms with Crippen molar-refractivity contribution in [1.29, 1.82) is 0 Å². The lowest BCUT2D eigenvalue weighted by Gasteiger charge is -2.11. The minimum atomic E-state index is -4.29. The van der Waals surface area contributed by atoms with Gasteiger partial charge in [-0.1, -0.05) is 95.4 Å². The number of para-hydroxylation sites is 1. The van der Waals surface area contributed by atoms with E-state index in [0.717, 1.165) is 12.8 Å². The quantitative estimate of drug-likeness (QED) is 0.233. The summed E-state index contributed by atoms with van der Waals surface area (Å²) in [6.07, 6.45) is 14.3. The normalized spacial score (nSPS) is 11.5. The van der Waals surface area contributed by atoms with E-state index < -0.39 is 10.1 Å². The van der Waals surface area contributed by atoms with E-state index in [1.54, 1.807) is 24.3 Å². The molecule has 0 unspecified atom stereocenters. The number of rotatable bonds is 15. The molecule has 0 saturated heterocycles. The first-order valence-corrected chi connectivity index (χ1v) is 12.8. The van der Waals surface area contributed by atoms with Crippen LogP contribution in [0, 0.1) is 0 Å². The van der Waals surface area contributed by atoms with Crippen molar-refractivity contribution in [2.75, 3.05) is 0 Å². The zero-order valence-electron chi connectivity index (χ0n) is 18.2. The fraction of sp³-hybridized carbons (Fsp3) is 0.520. The van der Waals surface area contributed by atoms with Gasteiger partial charge in [0.25, 0.3) is 10.1 Å². The third-order valence-electron chi connectivity index (χ3n) is 5.35. The van der Waals surface area contributed by atoms with E-state index in [4.69, 9.17) is 4.74 Å². The van der Waals surface area contributed by atoms with E-state index in [9.17, 15) is 13.0 Å². The number of benzene rings is 2. The summed E-state index contributed by atoms with van der Waals surface area (Å²) >= 11 is 0. The third kappa shape index (κ3) is 9.31. The zero-order valence-corrected chi connectivity index (χ0v) is 19.0. The second-order valence-corrected chi connectivity index (χ2v) is 9.34. The van der Waals surface area contributed by atoms with Crippen molar-refractivity contribution in [2.45, 2.75) is 88.9 Å². The molecular formula is C25H36O4S. The van der Waals surface area contributed by atoms with E-state index in [0.29, 0.717) is 23.5 Å². The van der Waals surface area contributed by atoms with Crippen LogP contribution in [0.5, 0.6) is 11.5 Å². The summed E-state index contributed by atoms with van der Waals surface area (Å²) < 4.78 is 39.1. The van der Waals surface area contributed by atoms with Crippen molar-refractivity contribution in [3.63, 3.8) is 0 Å². The van der Waals surface area contributed by atoms with Crippen LogP contribution < -0.4 is 4.74 Å². The molecule has 0 fully saturated rings. The Labute approximate surface area is 182 Å². The molecule has 0 aliphatic carbocycles. The van der Waals surface area contributed by atoms with Crippen LogP contribution in [0.2, 0.25) is 0 Å². The van der Waals surface area contributed by atoms with Crippen molar-refractivity contribution in [2.24, 2.45) is 0 Å². The van der Waals surface area contributed by atoms with Gasteiger partial charge in [0.1, 0.15) is 16.4 Å². The second-order valence-electron chi connectivity index (χ2n) is 7.95. The van der Waals surface area contributed by atoms with Gasteiger partial charge in [-0.15, -0.1) is 0 Å². The second kappa shape index (κ2) is 13.5. The smallest absolute Gasteiger partial charge is 0.294 e. The van der Waals surface area contributed by atoms with Crippen molar-refractivity contribution in [1.82, 2.24) is 0 Å². The number of ether oxygens (including phenoxy) is 1. The van der Waals surface area contributed by atoms with Crippen LogP contribution in [0.25, 0.3) is 0 Å².